The Morgan fingerprint density at radius 3 is 2.47 bits per heavy atom. The van der Waals surface area contributed by atoms with Crippen LogP contribution in [0.1, 0.15) is 32.6 Å². The molecule has 15 heavy (non-hydrogen) atoms. The molecular formula is C11H22N2OS. The quantitative estimate of drug-likeness (QED) is 0.747. The molecule has 88 valence electrons. The predicted molar refractivity (Wildman–Crippen MR) is 67.1 cm³/mol. The minimum absolute atomic E-state index is 0.297. The molecule has 4 heteroatoms. The van der Waals surface area contributed by atoms with Gasteiger partial charge in [-0.2, -0.15) is 0 Å². The maximum absolute atomic E-state index is 5.38. The van der Waals surface area contributed by atoms with E-state index in [0.29, 0.717) is 12.6 Å². The van der Waals surface area contributed by atoms with Crippen LogP contribution in [0.15, 0.2) is 0 Å². The molecule has 1 aliphatic heterocycles. The number of likely N-dealkylation sites (tertiary alicyclic amines) is 1. The lowest BCUT2D eigenvalue weighted by molar-refractivity contribution is 0.178. The summed E-state index contributed by atoms with van der Waals surface area (Å²) >= 11 is 5.38. The maximum atomic E-state index is 5.38. The van der Waals surface area contributed by atoms with Gasteiger partial charge in [0, 0.05) is 26.2 Å². The van der Waals surface area contributed by atoms with E-state index in [1.54, 1.807) is 7.11 Å². The van der Waals surface area contributed by atoms with Crippen molar-refractivity contribution in [3.05, 3.63) is 0 Å². The number of methoxy groups -OCH3 is 1. The van der Waals surface area contributed by atoms with Crippen molar-refractivity contribution in [1.82, 2.24) is 10.2 Å². The molecule has 0 aromatic rings. The summed E-state index contributed by atoms with van der Waals surface area (Å²) < 4.78 is 5.08. The highest BCUT2D eigenvalue weighted by atomic mass is 32.1. The van der Waals surface area contributed by atoms with Gasteiger partial charge in [0.2, 0.25) is 0 Å². The van der Waals surface area contributed by atoms with E-state index in [1.165, 1.54) is 25.7 Å². The highest BCUT2D eigenvalue weighted by Gasteiger charge is 2.13. The lowest BCUT2D eigenvalue weighted by atomic mass is 10.2. The molecule has 0 aliphatic carbocycles. The first-order valence-electron chi connectivity index (χ1n) is 5.78. The summed E-state index contributed by atoms with van der Waals surface area (Å²) in [6.07, 6.45) is 5.21. The second kappa shape index (κ2) is 7.01. The largest absolute Gasteiger partial charge is 0.383 e. The predicted octanol–water partition coefficient (Wildman–Crippen LogP) is 1.77. The first-order valence-corrected chi connectivity index (χ1v) is 6.19. The molecule has 3 nitrogen and oxygen atoms in total. The van der Waals surface area contributed by atoms with Crippen molar-refractivity contribution >= 4 is 17.3 Å². The van der Waals surface area contributed by atoms with E-state index in [2.05, 4.69) is 17.1 Å². The number of hydrogen-bond acceptors (Lipinski definition) is 2. The third-order valence-electron chi connectivity index (χ3n) is 2.68. The van der Waals surface area contributed by atoms with Gasteiger partial charge in [-0.1, -0.05) is 12.8 Å². The molecule has 1 rings (SSSR count). The Bertz CT molecular complexity index is 191. The Balaban J connectivity index is 2.30. The van der Waals surface area contributed by atoms with Crippen LogP contribution in [0.4, 0.5) is 0 Å². The van der Waals surface area contributed by atoms with Gasteiger partial charge in [-0.25, -0.2) is 0 Å². The minimum Gasteiger partial charge on any atom is -0.383 e. The summed E-state index contributed by atoms with van der Waals surface area (Å²) in [6.45, 7) is 5.00. The summed E-state index contributed by atoms with van der Waals surface area (Å²) in [5, 5.41) is 4.20. The Kier molecular flexibility index (Phi) is 5.95. The van der Waals surface area contributed by atoms with Crippen LogP contribution in [0.25, 0.3) is 0 Å². The highest BCUT2D eigenvalue weighted by molar-refractivity contribution is 7.80. The molecule has 1 fully saturated rings. The van der Waals surface area contributed by atoms with Gasteiger partial charge in [-0.15, -0.1) is 0 Å². The summed E-state index contributed by atoms with van der Waals surface area (Å²) in [4.78, 5) is 2.29. The second-order valence-electron chi connectivity index (χ2n) is 4.21. The van der Waals surface area contributed by atoms with Gasteiger partial charge in [0.1, 0.15) is 0 Å². The van der Waals surface area contributed by atoms with E-state index in [9.17, 15) is 0 Å². The monoisotopic (exact) mass is 230 g/mol. The Hall–Kier alpha value is -0.350. The second-order valence-corrected chi connectivity index (χ2v) is 4.59. The fourth-order valence-electron chi connectivity index (χ4n) is 1.87. The molecule has 0 radical (unpaired) electrons. The van der Waals surface area contributed by atoms with Crippen LogP contribution in [0, 0.1) is 0 Å². The van der Waals surface area contributed by atoms with Crippen LogP contribution in [-0.4, -0.2) is 42.9 Å². The molecule has 1 atom stereocenters. The van der Waals surface area contributed by atoms with Crippen molar-refractivity contribution in [3.8, 4) is 0 Å². The van der Waals surface area contributed by atoms with Crippen molar-refractivity contribution in [3.63, 3.8) is 0 Å². The third kappa shape index (κ3) is 4.80. The van der Waals surface area contributed by atoms with Crippen molar-refractivity contribution in [2.24, 2.45) is 0 Å². The topological polar surface area (TPSA) is 24.5 Å². The van der Waals surface area contributed by atoms with Gasteiger partial charge in [0.05, 0.1) is 6.61 Å². The number of thiocarbonyl (C=S) groups is 1. The average molecular weight is 230 g/mol. The smallest absolute Gasteiger partial charge is 0.169 e. The Morgan fingerprint density at radius 2 is 1.93 bits per heavy atom. The zero-order chi connectivity index (χ0) is 11.1. The van der Waals surface area contributed by atoms with E-state index in [1.807, 2.05) is 0 Å². The number of rotatable bonds is 3. The molecule has 0 aromatic heterocycles. The lowest BCUT2D eigenvalue weighted by Crippen LogP contribution is -2.45. The van der Waals surface area contributed by atoms with Crippen LogP contribution in [0.2, 0.25) is 0 Å². The standard InChI is InChI=1S/C11H22N2OS/c1-10(9-14-2)12-11(15)13-7-5-3-4-6-8-13/h10H,3-9H2,1-2H3,(H,12,15)/t10-/m0/s1. The first kappa shape index (κ1) is 12.7. The minimum atomic E-state index is 0.297. The molecule has 1 saturated heterocycles. The summed E-state index contributed by atoms with van der Waals surface area (Å²) in [5.41, 5.74) is 0. The maximum Gasteiger partial charge on any atom is 0.169 e. The van der Waals surface area contributed by atoms with Gasteiger partial charge >= 0.3 is 0 Å². The summed E-state index contributed by atoms with van der Waals surface area (Å²) in [7, 11) is 1.72. The van der Waals surface area contributed by atoms with Gasteiger partial charge in [0.25, 0.3) is 0 Å². The van der Waals surface area contributed by atoms with Crippen molar-refractivity contribution in [1.29, 1.82) is 0 Å². The Labute approximate surface area is 98.2 Å². The molecule has 0 aromatic carbocycles. The zero-order valence-corrected chi connectivity index (χ0v) is 10.6. The molecule has 0 amide bonds. The molecular weight excluding hydrogens is 208 g/mol. The summed E-state index contributed by atoms with van der Waals surface area (Å²) in [5.74, 6) is 0. The van der Waals surface area contributed by atoms with Crippen LogP contribution in [0.5, 0.6) is 0 Å². The molecule has 1 heterocycles. The van der Waals surface area contributed by atoms with E-state index >= 15 is 0 Å². The number of nitrogens with zero attached hydrogens (tertiary/aromatic N) is 1. The SMILES string of the molecule is COC[C@H](C)NC(=S)N1CCCCCC1. The van der Waals surface area contributed by atoms with E-state index in [-0.39, 0.29) is 0 Å². The van der Waals surface area contributed by atoms with Crippen LogP contribution in [-0.2, 0) is 4.74 Å². The molecule has 1 N–H and O–H groups in total. The molecule has 1 aliphatic rings. The van der Waals surface area contributed by atoms with E-state index in [4.69, 9.17) is 17.0 Å². The fourth-order valence-corrected chi connectivity index (χ4v) is 2.25. The van der Waals surface area contributed by atoms with Gasteiger partial charge in [0.15, 0.2) is 5.11 Å². The van der Waals surface area contributed by atoms with E-state index in [0.717, 1.165) is 18.2 Å². The van der Waals surface area contributed by atoms with Gasteiger partial charge < -0.3 is 15.0 Å². The third-order valence-corrected chi connectivity index (χ3v) is 3.06. The summed E-state index contributed by atoms with van der Waals surface area (Å²) in [6, 6.07) is 0.297. The zero-order valence-electron chi connectivity index (χ0n) is 9.79. The molecule has 0 bridgehead atoms. The lowest BCUT2D eigenvalue weighted by Gasteiger charge is -2.26. The fraction of sp³-hybridized carbons (Fsp3) is 0.909. The van der Waals surface area contributed by atoms with Crippen LogP contribution < -0.4 is 5.32 Å². The number of nitrogens with one attached hydrogen (secondary N) is 1. The molecule has 0 saturated carbocycles. The van der Waals surface area contributed by atoms with Crippen molar-refractivity contribution in [2.75, 3.05) is 26.8 Å². The average Bonchev–Trinajstić information content (AvgIpc) is 2.45. The normalized spacial score (nSPS) is 19.5. The van der Waals surface area contributed by atoms with Crippen LogP contribution >= 0.6 is 12.2 Å². The van der Waals surface area contributed by atoms with E-state index < -0.39 is 0 Å². The number of ether oxygens (including phenoxy) is 1. The molecule has 0 unspecified atom stereocenters. The molecule has 0 spiro atoms. The van der Waals surface area contributed by atoms with Crippen LogP contribution in [0.3, 0.4) is 0 Å². The number of hydrogen-bond donors (Lipinski definition) is 1. The van der Waals surface area contributed by atoms with Gasteiger partial charge in [-0.3, -0.25) is 0 Å². The van der Waals surface area contributed by atoms with Crippen molar-refractivity contribution in [2.45, 2.75) is 38.6 Å². The highest BCUT2D eigenvalue weighted by Crippen LogP contribution is 2.09. The Morgan fingerprint density at radius 1 is 1.33 bits per heavy atom. The first-order chi connectivity index (χ1) is 7.24. The van der Waals surface area contributed by atoms with Gasteiger partial charge in [-0.05, 0) is 32.0 Å². The van der Waals surface area contributed by atoms with Crippen molar-refractivity contribution < 1.29 is 4.74 Å².